The molecular formula is C16H14O3. The first-order chi connectivity index (χ1) is 9.13. The molecule has 0 aliphatic carbocycles. The van der Waals surface area contributed by atoms with Crippen molar-refractivity contribution in [3.8, 4) is 11.5 Å². The molecule has 19 heavy (non-hydrogen) atoms. The highest BCUT2D eigenvalue weighted by Gasteiger charge is 1.96. The quantitative estimate of drug-likeness (QED) is 0.518. The first-order valence-corrected chi connectivity index (χ1v) is 5.89. The molecule has 1 N–H and O–H groups in total. The molecule has 0 aliphatic heterocycles. The number of aromatic hydroxyl groups is 1. The van der Waals surface area contributed by atoms with Gasteiger partial charge in [-0.25, -0.2) is 0 Å². The molecule has 2 rings (SSSR count). The van der Waals surface area contributed by atoms with Crippen LogP contribution in [0.15, 0.2) is 48.5 Å². The maximum absolute atomic E-state index is 10.8. The maximum Gasteiger partial charge on any atom is 0.308 e. The first-order valence-electron chi connectivity index (χ1n) is 5.89. The molecule has 0 atom stereocenters. The maximum atomic E-state index is 10.8. The van der Waals surface area contributed by atoms with Gasteiger partial charge in [0.15, 0.2) is 0 Å². The number of hydrogen-bond donors (Lipinski definition) is 1. The zero-order valence-corrected chi connectivity index (χ0v) is 10.5. The average molecular weight is 254 g/mol. The van der Waals surface area contributed by atoms with Crippen molar-refractivity contribution in [3.63, 3.8) is 0 Å². The number of benzene rings is 2. The number of rotatable bonds is 3. The van der Waals surface area contributed by atoms with E-state index in [1.165, 1.54) is 6.92 Å². The minimum Gasteiger partial charge on any atom is -0.508 e. The van der Waals surface area contributed by atoms with Crippen LogP contribution >= 0.6 is 0 Å². The second-order valence-corrected chi connectivity index (χ2v) is 4.09. The van der Waals surface area contributed by atoms with E-state index < -0.39 is 0 Å². The van der Waals surface area contributed by atoms with Gasteiger partial charge in [-0.3, -0.25) is 4.79 Å². The highest BCUT2D eigenvalue weighted by molar-refractivity contribution is 5.71. The largest absolute Gasteiger partial charge is 0.508 e. The molecule has 0 amide bonds. The number of hydrogen-bond acceptors (Lipinski definition) is 3. The first kappa shape index (κ1) is 12.9. The van der Waals surface area contributed by atoms with Gasteiger partial charge in [-0.1, -0.05) is 36.4 Å². The monoisotopic (exact) mass is 254 g/mol. The Morgan fingerprint density at radius 3 is 1.89 bits per heavy atom. The SMILES string of the molecule is CC(=O)Oc1ccc(/C=C/c2ccc(O)cc2)cc1. The molecule has 96 valence electrons. The molecule has 0 aromatic heterocycles. The van der Waals surface area contributed by atoms with Gasteiger partial charge in [0, 0.05) is 6.92 Å². The van der Waals surface area contributed by atoms with Crippen molar-refractivity contribution < 1.29 is 14.6 Å². The third-order valence-electron chi connectivity index (χ3n) is 2.50. The van der Waals surface area contributed by atoms with Gasteiger partial charge >= 0.3 is 5.97 Å². The Morgan fingerprint density at radius 2 is 1.42 bits per heavy atom. The van der Waals surface area contributed by atoms with Gasteiger partial charge in [0.25, 0.3) is 0 Å². The van der Waals surface area contributed by atoms with Crippen LogP contribution in [-0.4, -0.2) is 11.1 Å². The van der Waals surface area contributed by atoms with E-state index >= 15 is 0 Å². The Morgan fingerprint density at radius 1 is 0.947 bits per heavy atom. The fourth-order valence-electron chi connectivity index (χ4n) is 1.59. The van der Waals surface area contributed by atoms with E-state index in [1.54, 1.807) is 24.3 Å². The number of carbonyl (C=O) groups is 1. The van der Waals surface area contributed by atoms with Crippen molar-refractivity contribution in [3.05, 3.63) is 59.7 Å². The van der Waals surface area contributed by atoms with Gasteiger partial charge in [0.05, 0.1) is 0 Å². The van der Waals surface area contributed by atoms with Crippen LogP contribution < -0.4 is 4.74 Å². The van der Waals surface area contributed by atoms with Crippen molar-refractivity contribution in [2.45, 2.75) is 6.92 Å². The predicted molar refractivity (Wildman–Crippen MR) is 74.8 cm³/mol. The molecule has 0 fully saturated rings. The lowest BCUT2D eigenvalue weighted by molar-refractivity contribution is -0.131. The molecule has 3 nitrogen and oxygen atoms in total. The summed E-state index contributed by atoms with van der Waals surface area (Å²) in [5, 5.41) is 9.18. The summed E-state index contributed by atoms with van der Waals surface area (Å²) in [6.07, 6.45) is 3.89. The summed E-state index contributed by atoms with van der Waals surface area (Å²) < 4.78 is 4.95. The summed E-state index contributed by atoms with van der Waals surface area (Å²) in [6.45, 7) is 1.37. The van der Waals surface area contributed by atoms with Crippen LogP contribution in [0.25, 0.3) is 12.2 Å². The van der Waals surface area contributed by atoms with E-state index in [4.69, 9.17) is 4.74 Å². The van der Waals surface area contributed by atoms with Crippen molar-refractivity contribution in [1.29, 1.82) is 0 Å². The zero-order chi connectivity index (χ0) is 13.7. The average Bonchev–Trinajstić information content (AvgIpc) is 2.39. The van der Waals surface area contributed by atoms with E-state index in [2.05, 4.69) is 0 Å². The zero-order valence-electron chi connectivity index (χ0n) is 10.5. The molecular weight excluding hydrogens is 240 g/mol. The normalized spacial score (nSPS) is 10.6. The Labute approximate surface area is 111 Å². The molecule has 0 radical (unpaired) electrons. The predicted octanol–water partition coefficient (Wildman–Crippen LogP) is 3.49. The summed E-state index contributed by atoms with van der Waals surface area (Å²) in [6, 6.07) is 14.2. The Hall–Kier alpha value is -2.55. The second kappa shape index (κ2) is 5.87. The van der Waals surface area contributed by atoms with Crippen LogP contribution in [0.3, 0.4) is 0 Å². The molecule has 0 unspecified atom stereocenters. The van der Waals surface area contributed by atoms with Crippen LogP contribution in [-0.2, 0) is 4.79 Å². The van der Waals surface area contributed by atoms with Crippen LogP contribution in [0.4, 0.5) is 0 Å². The summed E-state index contributed by atoms with van der Waals surface area (Å²) in [4.78, 5) is 10.8. The molecule has 0 saturated carbocycles. The van der Waals surface area contributed by atoms with E-state index in [0.717, 1.165) is 11.1 Å². The molecule has 0 bridgehead atoms. The van der Waals surface area contributed by atoms with Gasteiger partial charge in [0.1, 0.15) is 11.5 Å². The standard InChI is InChI=1S/C16H14O3/c1-12(17)19-16-10-6-14(7-11-16)3-2-13-4-8-15(18)9-5-13/h2-11,18H,1H3/b3-2+. The third kappa shape index (κ3) is 4.00. The Bertz CT molecular complexity index is 580. The second-order valence-electron chi connectivity index (χ2n) is 4.09. The lowest BCUT2D eigenvalue weighted by atomic mass is 10.1. The van der Waals surface area contributed by atoms with Crippen molar-refractivity contribution in [1.82, 2.24) is 0 Å². The van der Waals surface area contributed by atoms with Crippen LogP contribution in [0.2, 0.25) is 0 Å². The summed E-state index contributed by atoms with van der Waals surface area (Å²) >= 11 is 0. The van der Waals surface area contributed by atoms with E-state index in [0.29, 0.717) is 5.75 Å². The molecule has 0 aliphatic rings. The van der Waals surface area contributed by atoms with Crippen molar-refractivity contribution >= 4 is 18.1 Å². The fraction of sp³-hybridized carbons (Fsp3) is 0.0625. The van der Waals surface area contributed by atoms with E-state index in [-0.39, 0.29) is 11.7 Å². The highest BCUT2D eigenvalue weighted by atomic mass is 16.5. The lowest BCUT2D eigenvalue weighted by Gasteiger charge is -2.01. The topological polar surface area (TPSA) is 46.5 Å². The van der Waals surface area contributed by atoms with Gasteiger partial charge in [-0.2, -0.15) is 0 Å². The molecule has 0 saturated heterocycles. The number of ether oxygens (including phenoxy) is 1. The molecule has 2 aromatic carbocycles. The van der Waals surface area contributed by atoms with Crippen molar-refractivity contribution in [2.75, 3.05) is 0 Å². The molecule has 0 heterocycles. The number of phenols is 1. The lowest BCUT2D eigenvalue weighted by Crippen LogP contribution is -2.00. The van der Waals surface area contributed by atoms with Crippen LogP contribution in [0, 0.1) is 0 Å². The third-order valence-corrected chi connectivity index (χ3v) is 2.50. The molecule has 3 heteroatoms. The molecule has 0 spiro atoms. The number of esters is 1. The summed E-state index contributed by atoms with van der Waals surface area (Å²) in [5.74, 6) is 0.463. The summed E-state index contributed by atoms with van der Waals surface area (Å²) in [5.41, 5.74) is 2.01. The summed E-state index contributed by atoms with van der Waals surface area (Å²) in [7, 11) is 0. The Balaban J connectivity index is 2.06. The Kier molecular flexibility index (Phi) is 3.98. The smallest absolute Gasteiger partial charge is 0.308 e. The van der Waals surface area contributed by atoms with Gasteiger partial charge < -0.3 is 9.84 Å². The number of phenolic OH excluding ortho intramolecular Hbond substituents is 1. The van der Waals surface area contributed by atoms with E-state index in [1.807, 2.05) is 36.4 Å². The molecule has 2 aromatic rings. The van der Waals surface area contributed by atoms with Crippen molar-refractivity contribution in [2.24, 2.45) is 0 Å². The van der Waals surface area contributed by atoms with E-state index in [9.17, 15) is 9.90 Å². The number of carbonyl (C=O) groups excluding carboxylic acids is 1. The minimum atomic E-state index is -0.326. The van der Waals surface area contributed by atoms with Gasteiger partial charge in [0.2, 0.25) is 0 Å². The van der Waals surface area contributed by atoms with Crippen LogP contribution in [0.5, 0.6) is 11.5 Å². The van der Waals surface area contributed by atoms with Crippen LogP contribution in [0.1, 0.15) is 18.1 Å². The fourth-order valence-corrected chi connectivity index (χ4v) is 1.59. The minimum absolute atomic E-state index is 0.253. The van der Waals surface area contributed by atoms with Gasteiger partial charge in [-0.05, 0) is 35.4 Å². The highest BCUT2D eigenvalue weighted by Crippen LogP contribution is 2.16. The van der Waals surface area contributed by atoms with Gasteiger partial charge in [-0.15, -0.1) is 0 Å².